The van der Waals surface area contributed by atoms with Gasteiger partial charge in [0.25, 0.3) is 0 Å². The zero-order valence-electron chi connectivity index (χ0n) is 35.0. The molecule has 0 spiro atoms. The van der Waals surface area contributed by atoms with Crippen LogP contribution in [0.5, 0.6) is 0 Å². The molecule has 57 heavy (non-hydrogen) atoms. The Morgan fingerprint density at radius 1 is 0.439 bits per heavy atom. The number of ether oxygens (including phenoxy) is 2. The van der Waals surface area contributed by atoms with Crippen molar-refractivity contribution < 1.29 is 58.4 Å². The number of carbonyl (C=O) groups excluding carboxylic acids is 4. The van der Waals surface area contributed by atoms with Gasteiger partial charge in [-0.15, -0.1) is 0 Å². The van der Waals surface area contributed by atoms with Crippen LogP contribution in [-0.4, -0.2) is 129 Å². The first-order valence-electron chi connectivity index (χ1n) is 20.8. The van der Waals surface area contributed by atoms with Crippen molar-refractivity contribution in [3.63, 3.8) is 0 Å². The van der Waals surface area contributed by atoms with Gasteiger partial charge in [0.05, 0.1) is 0 Å². The van der Waals surface area contributed by atoms with Crippen LogP contribution in [0.25, 0.3) is 0 Å². The maximum Gasteiger partial charge on any atom is 0.320 e. The minimum atomic E-state index is -0.975. The van der Waals surface area contributed by atoms with Gasteiger partial charge in [0.1, 0.15) is 17.9 Å². The molecule has 2 atom stereocenters. The SMILES string of the molecule is CC(=O)CCC(=O)NCCCOCCCCOCCCNC(=O)CCCCCCCCCCC(=O)O.CN[C@@H](CCCCNC(=O)CC[C@H](NC)C(=O)O)C(=O)O. The Labute approximate surface area is 339 Å². The van der Waals surface area contributed by atoms with E-state index in [9.17, 15) is 33.6 Å². The third-order valence-corrected chi connectivity index (χ3v) is 8.85. The molecule has 332 valence electrons. The number of amides is 3. The summed E-state index contributed by atoms with van der Waals surface area (Å²) in [4.78, 5) is 77.5. The monoisotopic (exact) mass is 818 g/mol. The Balaban J connectivity index is 0. The molecule has 8 N–H and O–H groups in total. The van der Waals surface area contributed by atoms with E-state index < -0.39 is 30.0 Å². The van der Waals surface area contributed by atoms with Crippen LogP contribution in [0.1, 0.15) is 142 Å². The fraction of sp³-hybridized carbons (Fsp3) is 0.825. The molecule has 0 heterocycles. The number of aliphatic carboxylic acids is 3. The minimum Gasteiger partial charge on any atom is -0.481 e. The van der Waals surface area contributed by atoms with Gasteiger partial charge in [-0.1, -0.05) is 38.5 Å². The summed E-state index contributed by atoms with van der Waals surface area (Å²) < 4.78 is 11.1. The summed E-state index contributed by atoms with van der Waals surface area (Å²) in [6.07, 6.45) is 15.3. The van der Waals surface area contributed by atoms with Gasteiger partial charge >= 0.3 is 17.9 Å². The Kier molecular flexibility index (Phi) is 39.4. The van der Waals surface area contributed by atoms with Crippen LogP contribution in [0.4, 0.5) is 0 Å². The molecule has 0 radical (unpaired) electrons. The van der Waals surface area contributed by atoms with E-state index in [1.54, 1.807) is 7.05 Å². The van der Waals surface area contributed by atoms with Crippen molar-refractivity contribution >= 4 is 41.4 Å². The smallest absolute Gasteiger partial charge is 0.320 e. The Bertz CT molecular complexity index is 1100. The standard InChI is InChI=1S/C27H50N2O7.C13H25N3O5/c1-24(30)16-17-26(32)29-19-13-23-36-21-11-10-20-35-22-12-18-28-25(31)14-8-6-4-2-3-5-7-9-15-27(33)34;1-14-9(12(18)19)5-3-4-8-16-11(17)7-6-10(15-2)13(20)21/h2-23H2,1H3,(H,28,31)(H,29,32)(H,33,34);9-10,14-15H,3-8H2,1-2H3,(H,16,17)(H,18,19)(H,20,21)/t;9-,10-/m.0/s1. The molecule has 0 fully saturated rings. The van der Waals surface area contributed by atoms with E-state index in [2.05, 4.69) is 26.6 Å². The van der Waals surface area contributed by atoms with E-state index in [0.29, 0.717) is 78.2 Å². The van der Waals surface area contributed by atoms with Crippen LogP contribution in [0, 0.1) is 0 Å². The zero-order chi connectivity index (χ0) is 42.9. The third kappa shape index (κ3) is 41.8. The number of carbonyl (C=O) groups is 7. The molecular weight excluding hydrogens is 742 g/mol. The average Bonchev–Trinajstić information content (AvgIpc) is 3.16. The van der Waals surface area contributed by atoms with Crippen molar-refractivity contribution in [2.24, 2.45) is 0 Å². The van der Waals surface area contributed by atoms with E-state index in [-0.39, 0.29) is 49.2 Å². The molecule has 0 saturated heterocycles. The highest BCUT2D eigenvalue weighted by atomic mass is 16.5. The summed E-state index contributed by atoms with van der Waals surface area (Å²) >= 11 is 0. The fourth-order valence-electron chi connectivity index (χ4n) is 5.35. The largest absolute Gasteiger partial charge is 0.481 e. The lowest BCUT2D eigenvalue weighted by molar-refractivity contribution is -0.140. The topological polar surface area (TPSA) is 259 Å². The fourth-order valence-corrected chi connectivity index (χ4v) is 5.35. The van der Waals surface area contributed by atoms with Crippen LogP contribution in [0.2, 0.25) is 0 Å². The van der Waals surface area contributed by atoms with Crippen molar-refractivity contribution in [3.05, 3.63) is 0 Å². The summed E-state index contributed by atoms with van der Waals surface area (Å²) in [7, 11) is 3.14. The van der Waals surface area contributed by atoms with Gasteiger partial charge in [-0.3, -0.25) is 28.8 Å². The predicted molar refractivity (Wildman–Crippen MR) is 217 cm³/mol. The van der Waals surface area contributed by atoms with Crippen LogP contribution < -0.4 is 26.6 Å². The first-order chi connectivity index (χ1) is 27.3. The number of carboxylic acids is 3. The number of rotatable bonds is 39. The lowest BCUT2D eigenvalue weighted by Crippen LogP contribution is -2.35. The molecule has 17 nitrogen and oxygen atoms in total. The quantitative estimate of drug-likeness (QED) is 0.0413. The molecule has 0 aromatic rings. The Hall–Kier alpha value is -3.67. The van der Waals surface area contributed by atoms with Gasteiger partial charge in [0.15, 0.2) is 0 Å². The highest BCUT2D eigenvalue weighted by Gasteiger charge is 2.16. The van der Waals surface area contributed by atoms with Crippen LogP contribution >= 0.6 is 0 Å². The first-order valence-corrected chi connectivity index (χ1v) is 20.8. The van der Waals surface area contributed by atoms with Crippen LogP contribution in [-0.2, 0) is 43.0 Å². The molecule has 3 amide bonds. The number of hydrogen-bond acceptors (Lipinski definition) is 11. The lowest BCUT2D eigenvalue weighted by Gasteiger charge is -2.12. The second-order valence-electron chi connectivity index (χ2n) is 14.0. The Morgan fingerprint density at radius 2 is 0.842 bits per heavy atom. The van der Waals surface area contributed by atoms with Crippen molar-refractivity contribution in [2.75, 3.05) is 60.2 Å². The molecule has 0 aromatic carbocycles. The molecule has 0 aliphatic carbocycles. The van der Waals surface area contributed by atoms with Gasteiger partial charge in [-0.05, 0) is 85.2 Å². The summed E-state index contributed by atoms with van der Waals surface area (Å²) in [6, 6.07) is -1.28. The van der Waals surface area contributed by atoms with Crippen molar-refractivity contribution in [1.29, 1.82) is 0 Å². The number of ketones is 1. The number of hydrogen-bond donors (Lipinski definition) is 8. The van der Waals surface area contributed by atoms with E-state index >= 15 is 0 Å². The zero-order valence-corrected chi connectivity index (χ0v) is 35.0. The maximum absolute atomic E-state index is 11.8. The van der Waals surface area contributed by atoms with Gasteiger partial charge in [0, 0.05) is 78.2 Å². The molecule has 0 aromatic heterocycles. The van der Waals surface area contributed by atoms with E-state index in [0.717, 1.165) is 77.0 Å². The van der Waals surface area contributed by atoms with Gasteiger partial charge in [-0.2, -0.15) is 0 Å². The molecule has 0 aliphatic heterocycles. The molecule has 0 unspecified atom stereocenters. The predicted octanol–water partition coefficient (Wildman–Crippen LogP) is 3.57. The van der Waals surface area contributed by atoms with E-state index in [1.165, 1.54) is 14.0 Å². The van der Waals surface area contributed by atoms with E-state index in [4.69, 9.17) is 24.8 Å². The van der Waals surface area contributed by atoms with Crippen molar-refractivity contribution in [3.8, 4) is 0 Å². The number of carboxylic acid groups (broad SMARTS) is 3. The molecule has 17 heteroatoms. The molecule has 0 aliphatic rings. The highest BCUT2D eigenvalue weighted by molar-refractivity contribution is 5.83. The van der Waals surface area contributed by atoms with Crippen molar-refractivity contribution in [1.82, 2.24) is 26.6 Å². The normalized spacial score (nSPS) is 11.8. The molecule has 0 rings (SSSR count). The second-order valence-corrected chi connectivity index (χ2v) is 14.0. The van der Waals surface area contributed by atoms with Gasteiger partial charge in [-0.25, -0.2) is 0 Å². The average molecular weight is 818 g/mol. The van der Waals surface area contributed by atoms with Gasteiger partial charge in [0.2, 0.25) is 17.7 Å². The summed E-state index contributed by atoms with van der Waals surface area (Å²) in [5.41, 5.74) is 0. The van der Waals surface area contributed by atoms with Crippen LogP contribution in [0.15, 0.2) is 0 Å². The van der Waals surface area contributed by atoms with Gasteiger partial charge < -0.3 is 56.2 Å². The summed E-state index contributed by atoms with van der Waals surface area (Å²) in [6.45, 7) is 5.75. The number of nitrogens with one attached hydrogen (secondary N) is 5. The highest BCUT2D eigenvalue weighted by Crippen LogP contribution is 2.11. The number of unbranched alkanes of at least 4 members (excludes halogenated alkanes) is 9. The summed E-state index contributed by atoms with van der Waals surface area (Å²) in [5.74, 6) is -2.72. The maximum atomic E-state index is 11.8. The summed E-state index contributed by atoms with van der Waals surface area (Å²) in [5, 5.41) is 39.9. The number of Topliss-reactive ketones (excluding diaryl/α,β-unsaturated/α-hetero) is 1. The molecular formula is C40H75N5O12. The molecule has 0 saturated carbocycles. The van der Waals surface area contributed by atoms with Crippen molar-refractivity contribution in [2.45, 2.75) is 154 Å². The lowest BCUT2D eigenvalue weighted by atomic mass is 10.1. The molecule has 0 bridgehead atoms. The first kappa shape index (κ1) is 55.4. The number of likely N-dealkylation sites (N-methyl/N-ethyl adjacent to an activating group) is 2. The third-order valence-electron chi connectivity index (χ3n) is 8.85. The minimum absolute atomic E-state index is 0.0263. The second kappa shape index (κ2) is 40.5. The van der Waals surface area contributed by atoms with E-state index in [1.807, 2.05) is 0 Å². The van der Waals surface area contributed by atoms with Crippen LogP contribution in [0.3, 0.4) is 0 Å². The Morgan fingerprint density at radius 3 is 1.30 bits per heavy atom.